The lowest BCUT2D eigenvalue weighted by atomic mass is 9.81. The number of aliphatic carboxylic acids is 1. The van der Waals surface area contributed by atoms with Gasteiger partial charge >= 0.3 is 5.97 Å². The molecule has 0 spiro atoms. The van der Waals surface area contributed by atoms with Gasteiger partial charge in [-0.25, -0.2) is 9.97 Å². The van der Waals surface area contributed by atoms with Crippen molar-refractivity contribution in [3.8, 4) is 22.8 Å². The molecule has 0 aliphatic heterocycles. The Morgan fingerprint density at radius 2 is 1.81 bits per heavy atom. The van der Waals surface area contributed by atoms with Gasteiger partial charge in [0.15, 0.2) is 0 Å². The lowest BCUT2D eigenvalue weighted by Crippen LogP contribution is -2.22. The van der Waals surface area contributed by atoms with Gasteiger partial charge in [-0.3, -0.25) is 9.20 Å². The summed E-state index contributed by atoms with van der Waals surface area (Å²) in [6.07, 6.45) is 6.60. The van der Waals surface area contributed by atoms with Crippen LogP contribution in [0.3, 0.4) is 0 Å². The van der Waals surface area contributed by atoms with Crippen LogP contribution in [0.15, 0.2) is 67.0 Å². The quantitative estimate of drug-likeness (QED) is 0.457. The van der Waals surface area contributed by atoms with Crippen LogP contribution in [-0.4, -0.2) is 25.4 Å². The van der Waals surface area contributed by atoms with Crippen LogP contribution in [-0.2, 0) is 4.79 Å². The molecule has 1 fully saturated rings. The van der Waals surface area contributed by atoms with Gasteiger partial charge in [0, 0.05) is 23.9 Å². The lowest BCUT2D eigenvalue weighted by Gasteiger charge is -2.25. The highest BCUT2D eigenvalue weighted by Crippen LogP contribution is 2.39. The first-order valence-electron chi connectivity index (χ1n) is 10.8. The first-order valence-corrected chi connectivity index (χ1v) is 10.8. The van der Waals surface area contributed by atoms with Gasteiger partial charge < -0.3 is 15.6 Å². The average Bonchev–Trinajstić information content (AvgIpc) is 3.21. The third kappa shape index (κ3) is 3.77. The van der Waals surface area contributed by atoms with Crippen molar-refractivity contribution in [1.29, 1.82) is 0 Å². The Hall–Kier alpha value is -3.87. The van der Waals surface area contributed by atoms with E-state index in [1.165, 1.54) is 0 Å². The number of benzene rings is 2. The molecule has 1 aliphatic carbocycles. The minimum Gasteiger partial charge on any atom is -0.481 e. The van der Waals surface area contributed by atoms with Gasteiger partial charge in [0.1, 0.15) is 34.4 Å². The second kappa shape index (κ2) is 8.34. The van der Waals surface area contributed by atoms with Crippen LogP contribution in [0.1, 0.15) is 37.4 Å². The number of imidazole rings is 1. The summed E-state index contributed by atoms with van der Waals surface area (Å²) in [5.74, 6) is 1.74. The number of nitrogens with zero attached hydrogens (tertiary/aromatic N) is 3. The number of hydrogen-bond donors (Lipinski definition) is 2. The summed E-state index contributed by atoms with van der Waals surface area (Å²) >= 11 is 0. The number of ether oxygens (including phenoxy) is 1. The fourth-order valence-electron chi connectivity index (χ4n) is 4.53. The molecule has 7 nitrogen and oxygen atoms in total. The van der Waals surface area contributed by atoms with E-state index in [0.717, 1.165) is 46.9 Å². The SMILES string of the molecule is Nc1nccn2c([C@@H]3CCC[C@H](C(=O)O)C3)nc(-c3ccc(Oc4ccccc4)cc3)c12. The molecule has 0 amide bonds. The molecular formula is C25H24N4O3. The van der Waals surface area contributed by atoms with Crippen LogP contribution in [0.4, 0.5) is 5.82 Å². The number of carbonyl (C=O) groups is 1. The standard InChI is InChI=1S/C25H24N4O3/c26-23-22-21(16-9-11-20(12-10-16)32-19-7-2-1-3-8-19)28-24(29(22)14-13-27-23)17-5-4-6-18(15-17)25(30)31/h1-3,7-14,17-18H,4-6,15H2,(H2,26,27)(H,30,31)/t17-,18+/m1/s1. The molecule has 0 radical (unpaired) electrons. The predicted octanol–water partition coefficient (Wildman–Crippen LogP) is 5.13. The molecule has 1 saturated carbocycles. The molecule has 0 unspecified atom stereocenters. The van der Waals surface area contributed by atoms with Crippen LogP contribution >= 0.6 is 0 Å². The fourth-order valence-corrected chi connectivity index (χ4v) is 4.53. The van der Waals surface area contributed by atoms with Crippen molar-refractivity contribution in [2.45, 2.75) is 31.6 Å². The van der Waals surface area contributed by atoms with Crippen LogP contribution in [0.5, 0.6) is 11.5 Å². The highest BCUT2D eigenvalue weighted by atomic mass is 16.5. The maximum absolute atomic E-state index is 11.6. The van der Waals surface area contributed by atoms with Gasteiger partial charge in [0.05, 0.1) is 5.92 Å². The maximum atomic E-state index is 11.6. The Morgan fingerprint density at radius 3 is 2.56 bits per heavy atom. The highest BCUT2D eigenvalue weighted by molar-refractivity contribution is 5.85. The zero-order chi connectivity index (χ0) is 22.1. The van der Waals surface area contributed by atoms with Gasteiger partial charge in [0.2, 0.25) is 0 Å². The Balaban J connectivity index is 1.51. The number of anilines is 1. The van der Waals surface area contributed by atoms with Crippen molar-refractivity contribution >= 4 is 17.3 Å². The second-order valence-corrected chi connectivity index (χ2v) is 8.19. The third-order valence-electron chi connectivity index (χ3n) is 6.11. The summed E-state index contributed by atoms with van der Waals surface area (Å²) in [4.78, 5) is 20.8. The molecule has 5 rings (SSSR count). The van der Waals surface area contributed by atoms with E-state index < -0.39 is 5.97 Å². The van der Waals surface area contributed by atoms with Gasteiger partial charge in [-0.1, -0.05) is 24.6 Å². The number of fused-ring (bicyclic) bond motifs is 1. The lowest BCUT2D eigenvalue weighted by molar-refractivity contribution is -0.143. The molecule has 162 valence electrons. The number of rotatable bonds is 5. The highest BCUT2D eigenvalue weighted by Gasteiger charge is 2.31. The molecule has 32 heavy (non-hydrogen) atoms. The van der Waals surface area contributed by atoms with E-state index in [1.54, 1.807) is 6.20 Å². The van der Waals surface area contributed by atoms with Crippen LogP contribution in [0, 0.1) is 5.92 Å². The zero-order valence-electron chi connectivity index (χ0n) is 17.5. The van der Waals surface area contributed by atoms with Crippen molar-refractivity contribution in [3.63, 3.8) is 0 Å². The van der Waals surface area contributed by atoms with Crippen molar-refractivity contribution in [2.75, 3.05) is 5.73 Å². The van der Waals surface area contributed by atoms with E-state index in [1.807, 2.05) is 65.2 Å². The molecule has 2 aromatic heterocycles. The third-order valence-corrected chi connectivity index (χ3v) is 6.11. The molecule has 2 heterocycles. The number of para-hydroxylation sites is 1. The summed E-state index contributed by atoms with van der Waals surface area (Å²) < 4.78 is 7.87. The molecular weight excluding hydrogens is 404 g/mol. The largest absolute Gasteiger partial charge is 0.481 e. The van der Waals surface area contributed by atoms with Gasteiger partial charge in [-0.05, 0) is 55.7 Å². The number of carboxylic acids is 1. The fraction of sp³-hybridized carbons (Fsp3) is 0.240. The molecule has 3 N–H and O–H groups in total. The van der Waals surface area contributed by atoms with E-state index in [9.17, 15) is 9.90 Å². The number of carboxylic acid groups (broad SMARTS) is 1. The molecule has 2 aromatic carbocycles. The van der Waals surface area contributed by atoms with E-state index in [4.69, 9.17) is 15.5 Å². The molecule has 0 bridgehead atoms. The number of aromatic nitrogens is 3. The topological polar surface area (TPSA) is 103 Å². The smallest absolute Gasteiger partial charge is 0.306 e. The Kier molecular flexibility index (Phi) is 5.23. The minimum atomic E-state index is -0.731. The maximum Gasteiger partial charge on any atom is 0.306 e. The minimum absolute atomic E-state index is 0.0635. The van der Waals surface area contributed by atoms with E-state index in [-0.39, 0.29) is 11.8 Å². The Bertz CT molecular complexity index is 1250. The van der Waals surface area contributed by atoms with Crippen LogP contribution in [0.2, 0.25) is 0 Å². The first kappa shape index (κ1) is 20.1. The number of hydrogen-bond acceptors (Lipinski definition) is 5. The molecule has 2 atom stereocenters. The van der Waals surface area contributed by atoms with Crippen LogP contribution in [0.25, 0.3) is 16.8 Å². The average molecular weight is 428 g/mol. The Morgan fingerprint density at radius 1 is 1.06 bits per heavy atom. The van der Waals surface area contributed by atoms with E-state index >= 15 is 0 Å². The van der Waals surface area contributed by atoms with E-state index in [2.05, 4.69) is 4.98 Å². The van der Waals surface area contributed by atoms with Crippen molar-refractivity contribution in [2.24, 2.45) is 5.92 Å². The van der Waals surface area contributed by atoms with Gasteiger partial charge in [-0.2, -0.15) is 0 Å². The molecule has 7 heteroatoms. The van der Waals surface area contributed by atoms with Crippen molar-refractivity contribution in [3.05, 3.63) is 72.8 Å². The van der Waals surface area contributed by atoms with Gasteiger partial charge in [0.25, 0.3) is 0 Å². The molecule has 0 saturated heterocycles. The molecule has 4 aromatic rings. The molecule has 1 aliphatic rings. The van der Waals surface area contributed by atoms with Crippen LogP contribution < -0.4 is 10.5 Å². The summed E-state index contributed by atoms with van der Waals surface area (Å²) in [6, 6.07) is 17.3. The number of nitrogens with two attached hydrogens (primary N) is 1. The normalized spacial score (nSPS) is 18.5. The van der Waals surface area contributed by atoms with Gasteiger partial charge in [-0.15, -0.1) is 0 Å². The number of nitrogen functional groups attached to an aromatic ring is 1. The summed E-state index contributed by atoms with van der Waals surface area (Å²) in [5, 5.41) is 9.51. The summed E-state index contributed by atoms with van der Waals surface area (Å²) in [5.41, 5.74) is 8.65. The Labute approximate surface area is 185 Å². The summed E-state index contributed by atoms with van der Waals surface area (Å²) in [7, 11) is 0. The first-order chi connectivity index (χ1) is 15.6. The zero-order valence-corrected chi connectivity index (χ0v) is 17.5. The van der Waals surface area contributed by atoms with Crippen molar-refractivity contribution < 1.29 is 14.6 Å². The van der Waals surface area contributed by atoms with Crippen molar-refractivity contribution in [1.82, 2.24) is 14.4 Å². The van der Waals surface area contributed by atoms with E-state index in [0.29, 0.717) is 18.7 Å². The monoisotopic (exact) mass is 428 g/mol. The second-order valence-electron chi connectivity index (χ2n) is 8.19. The summed E-state index contributed by atoms with van der Waals surface area (Å²) in [6.45, 7) is 0. The predicted molar refractivity (Wildman–Crippen MR) is 122 cm³/mol.